The largest absolute Gasteiger partial charge is 0.466 e. The first-order valence-corrected chi connectivity index (χ1v) is 12.1. The molecule has 1 aliphatic rings. The van der Waals surface area contributed by atoms with Crippen molar-refractivity contribution in [2.45, 2.75) is 71.9 Å². The fourth-order valence-corrected chi connectivity index (χ4v) is 4.45. The van der Waals surface area contributed by atoms with Gasteiger partial charge in [-0.3, -0.25) is 14.4 Å². The van der Waals surface area contributed by atoms with E-state index in [0.29, 0.717) is 19.3 Å². The Morgan fingerprint density at radius 3 is 2.03 bits per heavy atom. The van der Waals surface area contributed by atoms with Crippen molar-refractivity contribution in [1.29, 1.82) is 0 Å². The van der Waals surface area contributed by atoms with Crippen LogP contribution in [0.15, 0.2) is 0 Å². The van der Waals surface area contributed by atoms with Crippen LogP contribution in [0.2, 0.25) is 0 Å². The lowest BCUT2D eigenvalue weighted by atomic mass is 9.70. The fraction of sp³-hybridized carbons (Fsp3) is 0.640. The Morgan fingerprint density at radius 1 is 0.865 bits per heavy atom. The molecular formula is C25H32F5NO6. The summed E-state index contributed by atoms with van der Waals surface area (Å²) in [5.74, 6) is -14.2. The third-order valence-corrected chi connectivity index (χ3v) is 6.69. The molecule has 0 spiro atoms. The molecule has 1 amide bonds. The number of unbranched alkanes of at least 4 members (excludes halogenated alkanes) is 2. The van der Waals surface area contributed by atoms with Gasteiger partial charge in [0.05, 0.1) is 18.8 Å². The summed E-state index contributed by atoms with van der Waals surface area (Å²) in [5.41, 5.74) is 0. The first-order valence-electron chi connectivity index (χ1n) is 12.1. The van der Waals surface area contributed by atoms with Crippen molar-refractivity contribution in [3.05, 3.63) is 29.1 Å². The number of benzene rings is 1. The SMILES string of the molecule is CC(=O)NC1C(OCCCCCC(=O)Oc2c(F)c(F)c(F)c(F)c2F)CC(COC(C)=O)C(C)C1C. The number of carbonyl (C=O) groups is 3. The van der Waals surface area contributed by atoms with Gasteiger partial charge in [0, 0.05) is 26.9 Å². The van der Waals surface area contributed by atoms with Crippen LogP contribution in [-0.2, 0) is 23.9 Å². The minimum absolute atomic E-state index is 0.0469. The molecule has 0 bridgehead atoms. The van der Waals surface area contributed by atoms with Crippen molar-refractivity contribution in [3.63, 3.8) is 0 Å². The molecule has 37 heavy (non-hydrogen) atoms. The van der Waals surface area contributed by atoms with Crippen LogP contribution in [-0.4, -0.2) is 43.2 Å². The van der Waals surface area contributed by atoms with Crippen LogP contribution in [0, 0.1) is 46.8 Å². The van der Waals surface area contributed by atoms with Crippen molar-refractivity contribution in [2.75, 3.05) is 13.2 Å². The Bertz CT molecular complexity index is 960. The van der Waals surface area contributed by atoms with Crippen LogP contribution >= 0.6 is 0 Å². The Balaban J connectivity index is 1.84. The van der Waals surface area contributed by atoms with Crippen LogP contribution in [0.25, 0.3) is 0 Å². The number of esters is 2. The van der Waals surface area contributed by atoms with Crippen LogP contribution in [0.4, 0.5) is 22.0 Å². The van der Waals surface area contributed by atoms with E-state index < -0.39 is 40.8 Å². The molecule has 12 heteroatoms. The Hall–Kier alpha value is -2.76. The molecule has 1 aromatic rings. The molecule has 0 aliphatic heterocycles. The second kappa shape index (κ2) is 13.7. The summed E-state index contributed by atoms with van der Waals surface area (Å²) in [6.45, 7) is 7.33. The number of hydrogen-bond acceptors (Lipinski definition) is 6. The zero-order valence-electron chi connectivity index (χ0n) is 21.2. The molecule has 7 nitrogen and oxygen atoms in total. The zero-order chi connectivity index (χ0) is 27.9. The lowest BCUT2D eigenvalue weighted by molar-refractivity contribution is -0.145. The number of nitrogens with one attached hydrogen (secondary N) is 1. The highest BCUT2D eigenvalue weighted by Gasteiger charge is 2.41. The van der Waals surface area contributed by atoms with Gasteiger partial charge in [0.2, 0.25) is 40.7 Å². The lowest BCUT2D eigenvalue weighted by Crippen LogP contribution is -2.55. The molecule has 0 saturated heterocycles. The number of amides is 1. The second-order valence-corrected chi connectivity index (χ2v) is 9.34. The maximum Gasteiger partial charge on any atom is 0.311 e. The molecule has 2 rings (SSSR count). The molecule has 1 aromatic carbocycles. The number of halogens is 5. The van der Waals surface area contributed by atoms with E-state index in [9.17, 15) is 36.3 Å². The monoisotopic (exact) mass is 537 g/mol. The minimum Gasteiger partial charge on any atom is -0.466 e. The van der Waals surface area contributed by atoms with Gasteiger partial charge in [-0.25, -0.2) is 13.2 Å². The molecule has 0 heterocycles. The molecule has 1 fully saturated rings. The van der Waals surface area contributed by atoms with Crippen LogP contribution in [0.3, 0.4) is 0 Å². The van der Waals surface area contributed by atoms with E-state index in [0.717, 1.165) is 0 Å². The molecule has 208 valence electrons. The quantitative estimate of drug-likeness (QED) is 0.111. The van der Waals surface area contributed by atoms with Crippen molar-refractivity contribution in [1.82, 2.24) is 5.32 Å². The summed E-state index contributed by atoms with van der Waals surface area (Å²) >= 11 is 0. The average molecular weight is 538 g/mol. The standard InChI is InChI=1S/C25H32F5NO6/c1-12-13(2)24(31-14(3)32)17(10-16(12)11-36-15(4)33)35-9-7-5-6-8-18(34)37-25-22(29)20(27)19(26)21(28)23(25)30/h12-13,16-17,24H,5-11H2,1-4H3,(H,31,32). The van der Waals surface area contributed by atoms with Crippen molar-refractivity contribution >= 4 is 17.8 Å². The second-order valence-electron chi connectivity index (χ2n) is 9.34. The van der Waals surface area contributed by atoms with Crippen molar-refractivity contribution in [2.24, 2.45) is 17.8 Å². The van der Waals surface area contributed by atoms with Crippen LogP contribution in [0.5, 0.6) is 5.75 Å². The van der Waals surface area contributed by atoms with Gasteiger partial charge in [0.1, 0.15) is 0 Å². The van der Waals surface area contributed by atoms with E-state index in [1.165, 1.54) is 13.8 Å². The highest BCUT2D eigenvalue weighted by Crippen LogP contribution is 2.37. The number of rotatable bonds is 11. The summed E-state index contributed by atoms with van der Waals surface area (Å²) in [6.07, 6.45) is 1.10. The number of carbonyl (C=O) groups excluding carboxylic acids is 3. The molecule has 0 radical (unpaired) electrons. The Morgan fingerprint density at radius 2 is 1.46 bits per heavy atom. The van der Waals surface area contributed by atoms with E-state index >= 15 is 0 Å². The van der Waals surface area contributed by atoms with Crippen LogP contribution < -0.4 is 10.1 Å². The van der Waals surface area contributed by atoms with E-state index in [1.54, 1.807) is 0 Å². The molecule has 1 N–H and O–H groups in total. The first-order chi connectivity index (χ1) is 17.3. The summed E-state index contributed by atoms with van der Waals surface area (Å²) in [6, 6.07) is -0.239. The lowest BCUT2D eigenvalue weighted by Gasteiger charge is -2.44. The van der Waals surface area contributed by atoms with E-state index in [2.05, 4.69) is 10.1 Å². The van der Waals surface area contributed by atoms with Gasteiger partial charge in [-0.2, -0.15) is 8.78 Å². The highest BCUT2D eigenvalue weighted by atomic mass is 19.2. The van der Waals surface area contributed by atoms with Gasteiger partial charge in [-0.15, -0.1) is 0 Å². The molecular weight excluding hydrogens is 505 g/mol. The molecule has 1 aliphatic carbocycles. The number of ether oxygens (including phenoxy) is 3. The third-order valence-electron chi connectivity index (χ3n) is 6.69. The zero-order valence-corrected chi connectivity index (χ0v) is 21.2. The fourth-order valence-electron chi connectivity index (χ4n) is 4.45. The third kappa shape index (κ3) is 8.11. The van der Waals surface area contributed by atoms with E-state index in [1.807, 2.05) is 13.8 Å². The van der Waals surface area contributed by atoms with Gasteiger partial charge in [0.25, 0.3) is 0 Å². The maximum absolute atomic E-state index is 13.6. The minimum atomic E-state index is -2.34. The number of hydrogen-bond donors (Lipinski definition) is 1. The molecule has 1 saturated carbocycles. The summed E-state index contributed by atoms with van der Waals surface area (Å²) in [7, 11) is 0. The Labute approximate surface area is 212 Å². The normalized spacial score (nSPS) is 23.4. The maximum atomic E-state index is 13.6. The van der Waals surface area contributed by atoms with E-state index in [4.69, 9.17) is 9.47 Å². The van der Waals surface area contributed by atoms with Gasteiger partial charge in [-0.05, 0) is 37.0 Å². The Kier molecular flexibility index (Phi) is 11.3. The smallest absolute Gasteiger partial charge is 0.311 e. The molecule has 5 unspecified atom stereocenters. The van der Waals surface area contributed by atoms with Crippen molar-refractivity contribution in [3.8, 4) is 5.75 Å². The predicted octanol–water partition coefficient (Wildman–Crippen LogP) is 4.59. The van der Waals surface area contributed by atoms with Gasteiger partial charge in [0.15, 0.2) is 0 Å². The highest BCUT2D eigenvalue weighted by molar-refractivity contribution is 5.73. The van der Waals surface area contributed by atoms with E-state index in [-0.39, 0.29) is 67.8 Å². The molecule has 0 aromatic heterocycles. The van der Waals surface area contributed by atoms with Crippen molar-refractivity contribution < 1.29 is 50.5 Å². The summed E-state index contributed by atoms with van der Waals surface area (Å²) in [4.78, 5) is 34.8. The average Bonchev–Trinajstić information content (AvgIpc) is 2.84. The van der Waals surface area contributed by atoms with Gasteiger partial charge < -0.3 is 19.5 Å². The molecule has 5 atom stereocenters. The van der Waals surface area contributed by atoms with Gasteiger partial charge in [-0.1, -0.05) is 20.3 Å². The summed E-state index contributed by atoms with van der Waals surface area (Å²) < 4.78 is 82.4. The van der Waals surface area contributed by atoms with Gasteiger partial charge >= 0.3 is 11.9 Å². The summed E-state index contributed by atoms with van der Waals surface area (Å²) in [5, 5.41) is 2.94. The first kappa shape index (κ1) is 30.5. The topological polar surface area (TPSA) is 90.9 Å². The predicted molar refractivity (Wildman–Crippen MR) is 121 cm³/mol. The van der Waals surface area contributed by atoms with Crippen LogP contribution in [0.1, 0.15) is 59.8 Å².